The number of nitrogens with two attached hydrogens (primary N) is 1. The van der Waals surface area contributed by atoms with Crippen molar-refractivity contribution in [2.24, 2.45) is 11.7 Å². The van der Waals surface area contributed by atoms with Crippen LogP contribution in [0.5, 0.6) is 0 Å². The normalized spacial score (nSPS) is 29.7. The van der Waals surface area contributed by atoms with Gasteiger partial charge in [-0.2, -0.15) is 0 Å². The molecule has 0 aliphatic carbocycles. The lowest BCUT2D eigenvalue weighted by Gasteiger charge is -2.35. The molecule has 0 aromatic carbocycles. The third-order valence-corrected chi connectivity index (χ3v) is 5.85. The Morgan fingerprint density at radius 3 is 2.78 bits per heavy atom. The number of carbonyl (C=O) groups excluding carboxylic acids is 1. The summed E-state index contributed by atoms with van der Waals surface area (Å²) in [6.07, 6.45) is 9.00. The van der Waals surface area contributed by atoms with Gasteiger partial charge in [0.15, 0.2) is 0 Å². The fourth-order valence-corrected chi connectivity index (χ4v) is 4.35. The topological polar surface area (TPSA) is 67.4 Å². The third kappa shape index (κ3) is 3.02. The van der Waals surface area contributed by atoms with E-state index in [4.69, 9.17) is 5.73 Å². The van der Waals surface area contributed by atoms with Crippen LogP contribution in [0, 0.1) is 5.92 Å². The molecule has 2 unspecified atom stereocenters. The van der Waals surface area contributed by atoms with E-state index >= 15 is 0 Å². The number of nitrogens with zero attached hydrogens (tertiary/aromatic N) is 4. The molecule has 23 heavy (non-hydrogen) atoms. The SMILES string of the molecule is NC1CCN(C2CCN(C(=O)C3CCc4nccn4C3)C2)CC1. The Morgan fingerprint density at radius 2 is 1.96 bits per heavy atom. The monoisotopic (exact) mass is 317 g/mol. The van der Waals surface area contributed by atoms with Gasteiger partial charge in [-0.25, -0.2) is 4.98 Å². The van der Waals surface area contributed by atoms with Gasteiger partial charge >= 0.3 is 0 Å². The first-order valence-corrected chi connectivity index (χ1v) is 8.99. The predicted octanol–water partition coefficient (Wildman–Crippen LogP) is 0.469. The van der Waals surface area contributed by atoms with Crippen molar-refractivity contribution in [1.82, 2.24) is 19.4 Å². The quantitative estimate of drug-likeness (QED) is 0.861. The van der Waals surface area contributed by atoms with E-state index in [0.29, 0.717) is 18.0 Å². The minimum Gasteiger partial charge on any atom is -0.341 e. The summed E-state index contributed by atoms with van der Waals surface area (Å²) in [5.41, 5.74) is 6.00. The van der Waals surface area contributed by atoms with Crippen molar-refractivity contribution in [3.63, 3.8) is 0 Å². The van der Waals surface area contributed by atoms with Gasteiger partial charge in [-0.3, -0.25) is 9.69 Å². The Balaban J connectivity index is 1.34. The van der Waals surface area contributed by atoms with Crippen LogP contribution in [0.4, 0.5) is 0 Å². The van der Waals surface area contributed by atoms with E-state index in [1.54, 1.807) is 0 Å². The van der Waals surface area contributed by atoms with E-state index in [2.05, 4.69) is 19.4 Å². The number of rotatable bonds is 2. The van der Waals surface area contributed by atoms with Crippen LogP contribution in [0.2, 0.25) is 0 Å². The Hall–Kier alpha value is -1.40. The van der Waals surface area contributed by atoms with Gasteiger partial charge in [-0.15, -0.1) is 0 Å². The average molecular weight is 317 g/mol. The number of carbonyl (C=O) groups is 1. The van der Waals surface area contributed by atoms with Crippen LogP contribution in [0.25, 0.3) is 0 Å². The molecule has 1 amide bonds. The molecule has 1 aromatic heterocycles. The van der Waals surface area contributed by atoms with Crippen LogP contribution in [0.3, 0.4) is 0 Å². The van der Waals surface area contributed by atoms with Gasteiger partial charge in [-0.1, -0.05) is 0 Å². The van der Waals surface area contributed by atoms with Gasteiger partial charge in [0.2, 0.25) is 5.91 Å². The number of likely N-dealkylation sites (tertiary alicyclic amines) is 2. The Morgan fingerprint density at radius 1 is 1.13 bits per heavy atom. The number of aromatic nitrogens is 2. The second-order valence-electron chi connectivity index (χ2n) is 7.33. The summed E-state index contributed by atoms with van der Waals surface area (Å²) in [7, 11) is 0. The second-order valence-corrected chi connectivity index (χ2v) is 7.33. The summed E-state index contributed by atoms with van der Waals surface area (Å²) in [6, 6.07) is 0.913. The zero-order valence-corrected chi connectivity index (χ0v) is 13.7. The van der Waals surface area contributed by atoms with E-state index in [1.165, 1.54) is 0 Å². The largest absolute Gasteiger partial charge is 0.341 e. The maximum atomic E-state index is 12.9. The highest BCUT2D eigenvalue weighted by Crippen LogP contribution is 2.25. The Bertz CT molecular complexity index is 563. The molecule has 2 fully saturated rings. The lowest BCUT2D eigenvalue weighted by molar-refractivity contribution is -0.135. The molecule has 2 atom stereocenters. The lowest BCUT2D eigenvalue weighted by Crippen LogP contribution is -2.47. The molecule has 2 saturated heterocycles. The van der Waals surface area contributed by atoms with Gasteiger partial charge in [0, 0.05) is 50.5 Å². The molecule has 0 bridgehead atoms. The highest BCUT2D eigenvalue weighted by molar-refractivity contribution is 5.79. The molecular formula is C17H27N5O. The molecule has 0 saturated carbocycles. The zero-order valence-electron chi connectivity index (χ0n) is 13.7. The van der Waals surface area contributed by atoms with Gasteiger partial charge in [-0.05, 0) is 38.8 Å². The lowest BCUT2D eigenvalue weighted by atomic mass is 9.98. The van der Waals surface area contributed by atoms with Crippen LogP contribution < -0.4 is 5.73 Å². The minimum absolute atomic E-state index is 0.130. The molecule has 3 aliphatic heterocycles. The number of fused-ring (bicyclic) bond motifs is 1. The number of piperidine rings is 1. The number of aryl methyl sites for hydroxylation is 1. The summed E-state index contributed by atoms with van der Waals surface area (Å²) in [5.74, 6) is 1.60. The molecule has 4 rings (SSSR count). The van der Waals surface area contributed by atoms with Gasteiger partial charge < -0.3 is 15.2 Å². The summed E-state index contributed by atoms with van der Waals surface area (Å²) < 4.78 is 2.14. The van der Waals surface area contributed by atoms with Crippen LogP contribution in [-0.4, -0.2) is 63.5 Å². The van der Waals surface area contributed by atoms with E-state index < -0.39 is 0 Å². The van der Waals surface area contributed by atoms with Crippen molar-refractivity contribution < 1.29 is 4.79 Å². The molecule has 3 aliphatic rings. The molecule has 1 aromatic rings. The van der Waals surface area contributed by atoms with Crippen LogP contribution in [0.15, 0.2) is 12.4 Å². The first kappa shape index (κ1) is 15.1. The summed E-state index contributed by atoms with van der Waals surface area (Å²) >= 11 is 0. The number of amides is 1. The van der Waals surface area contributed by atoms with Gasteiger partial charge in [0.05, 0.1) is 5.92 Å². The molecule has 126 valence electrons. The summed E-state index contributed by atoms with van der Waals surface area (Å²) in [6.45, 7) is 4.81. The first-order valence-electron chi connectivity index (χ1n) is 8.99. The molecule has 4 heterocycles. The molecular weight excluding hydrogens is 290 g/mol. The Kier molecular flexibility index (Phi) is 4.11. The summed E-state index contributed by atoms with van der Waals surface area (Å²) in [4.78, 5) is 21.9. The predicted molar refractivity (Wildman–Crippen MR) is 87.8 cm³/mol. The van der Waals surface area contributed by atoms with Crippen LogP contribution in [0.1, 0.15) is 31.5 Å². The zero-order chi connectivity index (χ0) is 15.8. The maximum Gasteiger partial charge on any atom is 0.227 e. The van der Waals surface area contributed by atoms with E-state index in [9.17, 15) is 4.79 Å². The van der Waals surface area contributed by atoms with Crippen molar-refractivity contribution in [2.45, 2.75) is 50.7 Å². The molecule has 0 spiro atoms. The third-order valence-electron chi connectivity index (χ3n) is 5.85. The molecule has 0 radical (unpaired) electrons. The highest BCUT2D eigenvalue weighted by atomic mass is 16.2. The summed E-state index contributed by atoms with van der Waals surface area (Å²) in [5, 5.41) is 0. The Labute approximate surface area is 137 Å². The van der Waals surface area contributed by atoms with Crippen molar-refractivity contribution in [3.05, 3.63) is 18.2 Å². The maximum absolute atomic E-state index is 12.9. The van der Waals surface area contributed by atoms with Crippen molar-refractivity contribution in [3.8, 4) is 0 Å². The fraction of sp³-hybridized carbons (Fsp3) is 0.765. The first-order chi connectivity index (χ1) is 11.2. The van der Waals surface area contributed by atoms with E-state index in [1.807, 2.05) is 12.4 Å². The highest BCUT2D eigenvalue weighted by Gasteiger charge is 2.35. The van der Waals surface area contributed by atoms with E-state index in [-0.39, 0.29) is 5.92 Å². The van der Waals surface area contributed by atoms with Crippen molar-refractivity contribution >= 4 is 5.91 Å². The standard InChI is InChI=1S/C17H27N5O/c18-14-3-7-20(8-4-14)15-5-9-22(12-15)17(23)13-1-2-16-19-6-10-21(16)11-13/h6,10,13-15H,1-5,7-9,11-12,18H2. The van der Waals surface area contributed by atoms with Gasteiger partial charge in [0.1, 0.15) is 5.82 Å². The van der Waals surface area contributed by atoms with Crippen molar-refractivity contribution in [2.75, 3.05) is 26.2 Å². The fourth-order valence-electron chi connectivity index (χ4n) is 4.35. The number of imidazole rings is 1. The second kappa shape index (κ2) is 6.24. The van der Waals surface area contributed by atoms with Crippen molar-refractivity contribution in [1.29, 1.82) is 0 Å². The average Bonchev–Trinajstić information content (AvgIpc) is 3.23. The van der Waals surface area contributed by atoms with Gasteiger partial charge in [0.25, 0.3) is 0 Å². The molecule has 6 heteroatoms. The molecule has 2 N–H and O–H groups in total. The minimum atomic E-state index is 0.130. The van der Waals surface area contributed by atoms with Crippen LogP contribution in [-0.2, 0) is 17.8 Å². The number of hydrogen-bond donors (Lipinski definition) is 1. The van der Waals surface area contributed by atoms with Crippen LogP contribution >= 0.6 is 0 Å². The number of hydrogen-bond acceptors (Lipinski definition) is 4. The van der Waals surface area contributed by atoms with E-state index in [0.717, 1.165) is 70.7 Å². The molecule has 6 nitrogen and oxygen atoms in total. The smallest absolute Gasteiger partial charge is 0.227 e.